The van der Waals surface area contributed by atoms with Gasteiger partial charge in [0.25, 0.3) is 0 Å². The molecule has 1 unspecified atom stereocenters. The summed E-state index contributed by atoms with van der Waals surface area (Å²) in [6.07, 6.45) is 0.764. The van der Waals surface area contributed by atoms with Gasteiger partial charge in [-0.2, -0.15) is 0 Å². The Balaban J connectivity index is 4.42. The Bertz CT molecular complexity index is 227. The van der Waals surface area contributed by atoms with Crippen LogP contribution >= 0.6 is 0 Å². The number of hydrogen-bond donors (Lipinski definition) is 2. The van der Waals surface area contributed by atoms with E-state index in [1.165, 1.54) is 6.92 Å². The molecule has 0 aliphatic carbocycles. The van der Waals surface area contributed by atoms with Crippen LogP contribution in [0.1, 0.15) is 19.8 Å². The van der Waals surface area contributed by atoms with Gasteiger partial charge in [-0.1, -0.05) is 0 Å². The van der Waals surface area contributed by atoms with Gasteiger partial charge < -0.3 is 14.5 Å². The maximum atomic E-state index is 10.7. The molecular formula is C7H12O5S. The summed E-state index contributed by atoms with van der Waals surface area (Å²) >= 11 is -2.16. The first-order valence-electron chi connectivity index (χ1n) is 3.67. The second-order valence-corrected chi connectivity index (χ2v) is 3.97. The molecule has 0 aliphatic heterocycles. The SMILES string of the molecule is C[C@](CCC=O)(CS(=O)O)C(=O)O. The number of aldehydes is 1. The molecule has 0 aromatic rings. The molecule has 0 rings (SSSR count). The van der Waals surface area contributed by atoms with E-state index in [1.54, 1.807) is 0 Å². The minimum atomic E-state index is -2.16. The number of carboxylic acids is 1. The van der Waals surface area contributed by atoms with Gasteiger partial charge in [0.05, 0.1) is 11.2 Å². The summed E-state index contributed by atoms with van der Waals surface area (Å²) in [4.78, 5) is 20.7. The number of carboxylic acid groups (broad SMARTS) is 1. The van der Waals surface area contributed by atoms with Gasteiger partial charge in [0.15, 0.2) is 11.1 Å². The Hall–Kier alpha value is -0.750. The Labute approximate surface area is 78.4 Å². The summed E-state index contributed by atoms with van der Waals surface area (Å²) in [7, 11) is 0. The molecule has 0 fully saturated rings. The second kappa shape index (κ2) is 5.08. The van der Waals surface area contributed by atoms with Crippen LogP contribution < -0.4 is 0 Å². The van der Waals surface area contributed by atoms with Crippen LogP contribution in [0.25, 0.3) is 0 Å². The molecule has 0 aliphatic rings. The van der Waals surface area contributed by atoms with Crippen LogP contribution in [-0.2, 0) is 20.7 Å². The number of rotatable bonds is 6. The number of hydrogen-bond acceptors (Lipinski definition) is 3. The van der Waals surface area contributed by atoms with E-state index in [4.69, 9.17) is 9.66 Å². The first-order valence-corrected chi connectivity index (χ1v) is 4.94. The molecule has 0 radical (unpaired) electrons. The summed E-state index contributed by atoms with van der Waals surface area (Å²) in [6, 6.07) is 0. The van der Waals surface area contributed by atoms with Crippen molar-refractivity contribution < 1.29 is 23.5 Å². The van der Waals surface area contributed by atoms with Crippen LogP contribution in [0.5, 0.6) is 0 Å². The topological polar surface area (TPSA) is 91.7 Å². The quantitative estimate of drug-likeness (QED) is 0.483. The van der Waals surface area contributed by atoms with Crippen molar-refractivity contribution in [2.24, 2.45) is 5.41 Å². The predicted octanol–water partition coefficient (Wildman–Crippen LogP) is 0.278. The molecule has 0 heterocycles. The normalized spacial score (nSPS) is 17.4. The Morgan fingerprint density at radius 3 is 2.46 bits per heavy atom. The maximum Gasteiger partial charge on any atom is 0.310 e. The molecule has 0 aromatic heterocycles. The van der Waals surface area contributed by atoms with E-state index < -0.39 is 22.5 Å². The van der Waals surface area contributed by atoms with E-state index in [0.29, 0.717) is 6.29 Å². The zero-order valence-electron chi connectivity index (χ0n) is 7.23. The monoisotopic (exact) mass is 208 g/mol. The summed E-state index contributed by atoms with van der Waals surface area (Å²) in [6.45, 7) is 1.35. The van der Waals surface area contributed by atoms with E-state index in [1.807, 2.05) is 0 Å². The van der Waals surface area contributed by atoms with Gasteiger partial charge in [-0.15, -0.1) is 0 Å². The third-order valence-electron chi connectivity index (χ3n) is 1.77. The highest BCUT2D eigenvalue weighted by Gasteiger charge is 2.34. The Morgan fingerprint density at radius 2 is 2.15 bits per heavy atom. The minimum absolute atomic E-state index is 0.0815. The highest BCUT2D eigenvalue weighted by atomic mass is 32.2. The van der Waals surface area contributed by atoms with E-state index >= 15 is 0 Å². The maximum absolute atomic E-state index is 10.7. The van der Waals surface area contributed by atoms with Gasteiger partial charge in [-0.25, -0.2) is 4.21 Å². The van der Waals surface area contributed by atoms with Crippen molar-refractivity contribution in [3.8, 4) is 0 Å². The molecule has 76 valence electrons. The average molecular weight is 208 g/mol. The van der Waals surface area contributed by atoms with E-state index in [9.17, 15) is 13.8 Å². The average Bonchev–Trinajstić information content (AvgIpc) is 1.99. The number of carbonyl (C=O) groups excluding carboxylic acids is 1. The van der Waals surface area contributed by atoms with E-state index in [-0.39, 0.29) is 18.6 Å². The first kappa shape index (κ1) is 12.2. The summed E-state index contributed by atoms with van der Waals surface area (Å²) in [5.74, 6) is -1.51. The molecular weight excluding hydrogens is 196 g/mol. The largest absolute Gasteiger partial charge is 0.481 e. The molecule has 6 heteroatoms. The molecule has 2 N–H and O–H groups in total. The van der Waals surface area contributed by atoms with Gasteiger partial charge in [0, 0.05) is 6.42 Å². The fourth-order valence-corrected chi connectivity index (χ4v) is 1.70. The lowest BCUT2D eigenvalue weighted by Gasteiger charge is -2.21. The van der Waals surface area contributed by atoms with Gasteiger partial charge in [-0.05, 0) is 13.3 Å². The van der Waals surface area contributed by atoms with Crippen molar-refractivity contribution in [3.63, 3.8) is 0 Å². The molecule has 13 heavy (non-hydrogen) atoms. The van der Waals surface area contributed by atoms with E-state index in [2.05, 4.69) is 0 Å². The summed E-state index contributed by atoms with van der Waals surface area (Å²) in [5.41, 5.74) is -1.29. The number of aliphatic carboxylic acids is 1. The summed E-state index contributed by atoms with van der Waals surface area (Å²) in [5, 5.41) is 8.75. The van der Waals surface area contributed by atoms with Crippen molar-refractivity contribution in [1.29, 1.82) is 0 Å². The lowest BCUT2D eigenvalue weighted by molar-refractivity contribution is -0.147. The zero-order valence-corrected chi connectivity index (χ0v) is 8.04. The minimum Gasteiger partial charge on any atom is -0.481 e. The van der Waals surface area contributed by atoms with Gasteiger partial charge >= 0.3 is 5.97 Å². The van der Waals surface area contributed by atoms with Crippen molar-refractivity contribution in [3.05, 3.63) is 0 Å². The van der Waals surface area contributed by atoms with Crippen LogP contribution in [0.4, 0.5) is 0 Å². The summed E-state index contributed by atoms with van der Waals surface area (Å²) < 4.78 is 19.0. The van der Waals surface area contributed by atoms with Crippen LogP contribution in [0.15, 0.2) is 0 Å². The Kier molecular flexibility index (Phi) is 4.79. The number of carbonyl (C=O) groups is 2. The van der Waals surface area contributed by atoms with Crippen molar-refractivity contribution >= 4 is 23.3 Å². The van der Waals surface area contributed by atoms with Crippen LogP contribution in [-0.4, -0.2) is 31.9 Å². The molecule has 0 amide bonds. The van der Waals surface area contributed by atoms with Crippen LogP contribution in [0, 0.1) is 5.41 Å². The molecule has 5 nitrogen and oxygen atoms in total. The fraction of sp³-hybridized carbons (Fsp3) is 0.714. The fourth-order valence-electron chi connectivity index (χ4n) is 0.891. The molecule has 0 aromatic carbocycles. The second-order valence-electron chi connectivity index (χ2n) is 3.04. The molecule has 0 bridgehead atoms. The predicted molar refractivity (Wildman–Crippen MR) is 46.7 cm³/mol. The third-order valence-corrected chi connectivity index (χ3v) is 2.66. The van der Waals surface area contributed by atoms with E-state index in [0.717, 1.165) is 0 Å². The first-order chi connectivity index (χ1) is 5.92. The standard InChI is InChI=1S/C7H12O5S/c1-7(6(9)10,3-2-4-8)5-13(11)12/h4H,2-3,5H2,1H3,(H,9,10)(H,11,12)/t7-/m0/s1. The van der Waals surface area contributed by atoms with Crippen molar-refractivity contribution in [1.82, 2.24) is 0 Å². The highest BCUT2D eigenvalue weighted by Crippen LogP contribution is 2.24. The van der Waals surface area contributed by atoms with Crippen molar-refractivity contribution in [2.75, 3.05) is 5.75 Å². The van der Waals surface area contributed by atoms with Gasteiger partial charge in [0.2, 0.25) is 0 Å². The highest BCUT2D eigenvalue weighted by molar-refractivity contribution is 7.79. The lowest BCUT2D eigenvalue weighted by atomic mass is 9.88. The van der Waals surface area contributed by atoms with Gasteiger partial charge in [-0.3, -0.25) is 4.79 Å². The molecule has 2 atom stereocenters. The smallest absolute Gasteiger partial charge is 0.310 e. The zero-order chi connectivity index (χ0) is 10.5. The van der Waals surface area contributed by atoms with Crippen molar-refractivity contribution in [2.45, 2.75) is 19.8 Å². The van der Waals surface area contributed by atoms with Crippen LogP contribution in [0.2, 0.25) is 0 Å². The third kappa shape index (κ3) is 4.14. The Morgan fingerprint density at radius 1 is 1.62 bits per heavy atom. The van der Waals surface area contributed by atoms with Crippen LogP contribution in [0.3, 0.4) is 0 Å². The lowest BCUT2D eigenvalue weighted by Crippen LogP contribution is -2.33. The molecule has 0 spiro atoms. The molecule has 0 saturated carbocycles. The molecule has 0 saturated heterocycles. The van der Waals surface area contributed by atoms with Gasteiger partial charge in [0.1, 0.15) is 6.29 Å².